The summed E-state index contributed by atoms with van der Waals surface area (Å²) in [5, 5.41) is 11.6. The Morgan fingerprint density at radius 2 is 1.93 bits per heavy atom. The van der Waals surface area contributed by atoms with Gasteiger partial charge in [-0.15, -0.1) is 10.2 Å². The average molecular weight is 404 g/mol. The van der Waals surface area contributed by atoms with E-state index >= 15 is 0 Å². The molecule has 0 atom stereocenters. The molecule has 1 amide bonds. The summed E-state index contributed by atoms with van der Waals surface area (Å²) in [6.45, 7) is 2.26. The summed E-state index contributed by atoms with van der Waals surface area (Å²) < 4.78 is 7.71. The molecule has 3 aromatic rings. The minimum atomic E-state index is -0.277. The lowest BCUT2D eigenvalue weighted by molar-refractivity contribution is -0.118. The van der Waals surface area contributed by atoms with E-state index in [4.69, 9.17) is 4.74 Å². The summed E-state index contributed by atoms with van der Waals surface area (Å²) in [5.74, 6) is 2.02. The Balaban J connectivity index is 1.42. The molecule has 7 nitrogen and oxygen atoms in total. The van der Waals surface area contributed by atoms with Gasteiger partial charge < -0.3 is 14.6 Å². The zero-order valence-corrected chi connectivity index (χ0v) is 16.9. The lowest BCUT2D eigenvalue weighted by Gasteiger charge is -2.10. The maximum absolute atomic E-state index is 12.3. The number of ether oxygens (including phenoxy) is 1. The largest absolute Gasteiger partial charge is 0.484 e. The topological polar surface area (TPSA) is 86.1 Å². The van der Waals surface area contributed by atoms with E-state index in [0.717, 1.165) is 43.0 Å². The second-order valence-corrected chi connectivity index (χ2v) is 7.40. The van der Waals surface area contributed by atoms with Gasteiger partial charge in [-0.25, -0.2) is 0 Å². The number of carbonyl (C=O) groups excluding carboxylic acids is 2. The van der Waals surface area contributed by atoms with Crippen molar-refractivity contribution in [2.24, 2.45) is 0 Å². The SMILES string of the molecule is CC(=O)c1cccc(OCC(=O)Nc2cccc(-c3nnc4n3CCCCC4)c2)c1. The van der Waals surface area contributed by atoms with Crippen LogP contribution in [-0.4, -0.2) is 33.1 Å². The average Bonchev–Trinajstić information content (AvgIpc) is 3.01. The molecule has 1 aliphatic rings. The first kappa shape index (κ1) is 19.8. The van der Waals surface area contributed by atoms with Gasteiger partial charge >= 0.3 is 0 Å². The first-order valence-corrected chi connectivity index (χ1v) is 10.2. The number of benzene rings is 2. The molecule has 1 aliphatic heterocycles. The fraction of sp³-hybridized carbons (Fsp3) is 0.304. The van der Waals surface area contributed by atoms with Crippen molar-refractivity contribution in [2.45, 2.75) is 39.2 Å². The molecule has 0 aliphatic carbocycles. The Labute approximate surface area is 175 Å². The maximum Gasteiger partial charge on any atom is 0.262 e. The molecule has 154 valence electrons. The van der Waals surface area contributed by atoms with Crippen LogP contribution in [0.1, 0.15) is 42.4 Å². The molecule has 0 fully saturated rings. The zero-order chi connectivity index (χ0) is 20.9. The van der Waals surface area contributed by atoms with E-state index in [1.807, 2.05) is 24.3 Å². The molecule has 2 aromatic carbocycles. The van der Waals surface area contributed by atoms with Gasteiger partial charge in [-0.1, -0.05) is 30.7 Å². The van der Waals surface area contributed by atoms with Crippen molar-refractivity contribution in [3.05, 3.63) is 59.9 Å². The Hall–Kier alpha value is -3.48. The Morgan fingerprint density at radius 1 is 1.07 bits per heavy atom. The Kier molecular flexibility index (Phi) is 5.88. The highest BCUT2D eigenvalue weighted by Gasteiger charge is 2.16. The lowest BCUT2D eigenvalue weighted by atomic mass is 10.1. The van der Waals surface area contributed by atoms with Crippen LogP contribution in [0.15, 0.2) is 48.5 Å². The number of carbonyl (C=O) groups is 2. The van der Waals surface area contributed by atoms with E-state index in [1.165, 1.54) is 13.3 Å². The normalized spacial score (nSPS) is 13.2. The summed E-state index contributed by atoms with van der Waals surface area (Å²) in [5.41, 5.74) is 2.14. The van der Waals surface area contributed by atoms with Gasteiger partial charge in [0.15, 0.2) is 18.2 Å². The first-order chi connectivity index (χ1) is 14.6. The van der Waals surface area contributed by atoms with Gasteiger partial charge in [0.2, 0.25) is 0 Å². The molecule has 1 N–H and O–H groups in total. The molecule has 0 saturated carbocycles. The molecule has 4 rings (SSSR count). The molecular weight excluding hydrogens is 380 g/mol. The van der Waals surface area contributed by atoms with Crippen LogP contribution in [-0.2, 0) is 17.8 Å². The second kappa shape index (κ2) is 8.90. The fourth-order valence-corrected chi connectivity index (χ4v) is 3.59. The van der Waals surface area contributed by atoms with Crippen molar-refractivity contribution in [2.75, 3.05) is 11.9 Å². The third-order valence-electron chi connectivity index (χ3n) is 5.12. The molecule has 30 heavy (non-hydrogen) atoms. The molecule has 0 spiro atoms. The van der Waals surface area contributed by atoms with Crippen molar-refractivity contribution < 1.29 is 14.3 Å². The monoisotopic (exact) mass is 404 g/mol. The van der Waals surface area contributed by atoms with Gasteiger partial charge in [0.1, 0.15) is 11.6 Å². The maximum atomic E-state index is 12.3. The second-order valence-electron chi connectivity index (χ2n) is 7.40. The number of amides is 1. The van der Waals surface area contributed by atoms with E-state index in [-0.39, 0.29) is 18.3 Å². The summed E-state index contributed by atoms with van der Waals surface area (Å²) in [6.07, 6.45) is 4.42. The number of nitrogens with one attached hydrogen (secondary N) is 1. The summed E-state index contributed by atoms with van der Waals surface area (Å²) >= 11 is 0. The molecular formula is C23H24N4O3. The van der Waals surface area contributed by atoms with Gasteiger partial charge in [-0.2, -0.15) is 0 Å². The molecule has 0 saturated heterocycles. The number of nitrogens with zero attached hydrogens (tertiary/aromatic N) is 3. The van der Waals surface area contributed by atoms with Crippen LogP contribution < -0.4 is 10.1 Å². The fourth-order valence-electron chi connectivity index (χ4n) is 3.59. The van der Waals surface area contributed by atoms with Gasteiger partial charge in [0.25, 0.3) is 5.91 Å². The van der Waals surface area contributed by atoms with Gasteiger partial charge in [-0.3, -0.25) is 9.59 Å². The molecule has 7 heteroatoms. The van der Waals surface area contributed by atoms with Crippen LogP contribution in [0, 0.1) is 0 Å². The summed E-state index contributed by atoms with van der Waals surface area (Å²) in [7, 11) is 0. The van der Waals surface area contributed by atoms with Crippen LogP contribution in [0.25, 0.3) is 11.4 Å². The molecule has 1 aromatic heterocycles. The number of anilines is 1. The standard InChI is InChI=1S/C23H24N4O3/c1-16(28)17-7-6-10-20(14-17)30-15-22(29)24-19-9-5-8-18(13-19)23-26-25-21-11-3-2-4-12-27(21)23/h5-10,13-14H,2-4,11-12,15H2,1H3,(H,24,29). The summed E-state index contributed by atoms with van der Waals surface area (Å²) in [6, 6.07) is 14.4. The highest BCUT2D eigenvalue weighted by atomic mass is 16.5. The lowest BCUT2D eigenvalue weighted by Crippen LogP contribution is -2.20. The predicted molar refractivity (Wildman–Crippen MR) is 114 cm³/mol. The zero-order valence-electron chi connectivity index (χ0n) is 16.9. The molecule has 0 bridgehead atoms. The number of rotatable bonds is 6. The van der Waals surface area contributed by atoms with Crippen molar-refractivity contribution in [1.82, 2.24) is 14.8 Å². The Morgan fingerprint density at radius 3 is 2.80 bits per heavy atom. The van der Waals surface area contributed by atoms with Crippen LogP contribution in [0.5, 0.6) is 5.75 Å². The molecule has 0 radical (unpaired) electrons. The first-order valence-electron chi connectivity index (χ1n) is 10.2. The number of fused-ring (bicyclic) bond motifs is 1. The van der Waals surface area contributed by atoms with E-state index in [0.29, 0.717) is 17.0 Å². The van der Waals surface area contributed by atoms with Crippen LogP contribution in [0.3, 0.4) is 0 Å². The predicted octanol–water partition coefficient (Wildman–Crippen LogP) is 3.89. The van der Waals surface area contributed by atoms with Gasteiger partial charge in [0.05, 0.1) is 0 Å². The number of hydrogen-bond donors (Lipinski definition) is 1. The number of aromatic nitrogens is 3. The number of ketones is 1. The van der Waals surface area contributed by atoms with E-state index in [1.54, 1.807) is 24.3 Å². The van der Waals surface area contributed by atoms with Crippen molar-refractivity contribution in [3.8, 4) is 17.1 Å². The smallest absolute Gasteiger partial charge is 0.262 e. The number of Topliss-reactive ketones (excluding diaryl/α,β-unsaturated/α-hetero) is 1. The van der Waals surface area contributed by atoms with E-state index < -0.39 is 0 Å². The highest BCUT2D eigenvalue weighted by Crippen LogP contribution is 2.25. The van der Waals surface area contributed by atoms with Crippen LogP contribution in [0.4, 0.5) is 5.69 Å². The minimum absolute atomic E-state index is 0.0481. The summed E-state index contributed by atoms with van der Waals surface area (Å²) in [4.78, 5) is 23.8. The Bertz CT molecular complexity index is 1070. The third-order valence-corrected chi connectivity index (χ3v) is 5.12. The van der Waals surface area contributed by atoms with Crippen molar-refractivity contribution in [1.29, 1.82) is 0 Å². The van der Waals surface area contributed by atoms with Crippen LogP contribution >= 0.6 is 0 Å². The quantitative estimate of drug-likeness (QED) is 0.630. The minimum Gasteiger partial charge on any atom is -0.484 e. The molecule has 2 heterocycles. The van der Waals surface area contributed by atoms with Crippen molar-refractivity contribution in [3.63, 3.8) is 0 Å². The van der Waals surface area contributed by atoms with Crippen molar-refractivity contribution >= 4 is 17.4 Å². The van der Waals surface area contributed by atoms with Crippen LogP contribution in [0.2, 0.25) is 0 Å². The van der Waals surface area contributed by atoms with Gasteiger partial charge in [0, 0.05) is 29.8 Å². The molecule has 0 unspecified atom stereocenters. The third kappa shape index (κ3) is 4.56. The van der Waals surface area contributed by atoms with Gasteiger partial charge in [-0.05, 0) is 44.0 Å². The number of hydrogen-bond acceptors (Lipinski definition) is 5. The van der Waals surface area contributed by atoms with E-state index in [2.05, 4.69) is 20.1 Å². The van der Waals surface area contributed by atoms with E-state index in [9.17, 15) is 9.59 Å². The number of aryl methyl sites for hydroxylation is 1. The highest BCUT2D eigenvalue weighted by molar-refractivity contribution is 5.94.